The molecule has 24 heavy (non-hydrogen) atoms. The van der Waals surface area contributed by atoms with Crippen LogP contribution in [0.5, 0.6) is 5.88 Å². The number of nitrogens with one attached hydrogen (secondary N) is 1. The highest BCUT2D eigenvalue weighted by molar-refractivity contribution is 14.0. The van der Waals surface area contributed by atoms with Crippen molar-refractivity contribution in [2.75, 3.05) is 33.4 Å². The van der Waals surface area contributed by atoms with E-state index in [1.54, 1.807) is 7.11 Å². The van der Waals surface area contributed by atoms with Crippen molar-refractivity contribution in [2.24, 2.45) is 4.99 Å². The zero-order chi connectivity index (χ0) is 16.5. The number of rotatable bonds is 6. The summed E-state index contributed by atoms with van der Waals surface area (Å²) in [7, 11) is 1.62. The van der Waals surface area contributed by atoms with E-state index >= 15 is 0 Å². The van der Waals surface area contributed by atoms with Crippen LogP contribution in [0, 0.1) is 0 Å². The van der Waals surface area contributed by atoms with E-state index < -0.39 is 0 Å². The van der Waals surface area contributed by atoms with Gasteiger partial charge < -0.3 is 19.7 Å². The van der Waals surface area contributed by atoms with Gasteiger partial charge in [0, 0.05) is 38.5 Å². The predicted molar refractivity (Wildman–Crippen MR) is 107 cm³/mol. The molecule has 1 N–H and O–H groups in total. The Morgan fingerprint density at radius 1 is 1.33 bits per heavy atom. The van der Waals surface area contributed by atoms with E-state index in [4.69, 9.17) is 14.5 Å². The van der Waals surface area contributed by atoms with Crippen molar-refractivity contribution < 1.29 is 9.47 Å². The maximum Gasteiger partial charge on any atom is 0.212 e. The van der Waals surface area contributed by atoms with Crippen LogP contribution in [0.1, 0.15) is 32.3 Å². The first kappa shape index (κ1) is 21.0. The van der Waals surface area contributed by atoms with Crippen molar-refractivity contribution in [3.8, 4) is 5.88 Å². The summed E-state index contributed by atoms with van der Waals surface area (Å²) in [5.74, 6) is 1.60. The lowest BCUT2D eigenvalue weighted by molar-refractivity contribution is 0.0263. The van der Waals surface area contributed by atoms with Gasteiger partial charge in [-0.05, 0) is 32.3 Å². The number of nitrogens with zero attached hydrogens (tertiary/aromatic N) is 3. The number of pyridine rings is 1. The van der Waals surface area contributed by atoms with Crippen LogP contribution in [0.25, 0.3) is 0 Å². The molecule has 1 aliphatic heterocycles. The monoisotopic (exact) mass is 448 g/mol. The Morgan fingerprint density at radius 2 is 2.08 bits per heavy atom. The third kappa shape index (κ3) is 6.43. The molecule has 7 heteroatoms. The van der Waals surface area contributed by atoms with Gasteiger partial charge in [-0.3, -0.25) is 0 Å². The molecule has 2 heterocycles. The van der Waals surface area contributed by atoms with Crippen molar-refractivity contribution in [3.63, 3.8) is 0 Å². The molecule has 136 valence electrons. The van der Waals surface area contributed by atoms with Crippen LogP contribution in [0.4, 0.5) is 0 Å². The normalized spacial score (nSPS) is 15.8. The Labute approximate surface area is 162 Å². The predicted octanol–water partition coefficient (Wildman–Crippen LogP) is 2.67. The Hall–Kier alpha value is -1.09. The average molecular weight is 448 g/mol. The number of methoxy groups -OCH3 is 1. The van der Waals surface area contributed by atoms with Gasteiger partial charge in [-0.2, -0.15) is 0 Å². The molecule has 0 atom stereocenters. The molecule has 2 rings (SSSR count). The summed E-state index contributed by atoms with van der Waals surface area (Å²) in [5, 5.41) is 3.38. The van der Waals surface area contributed by atoms with Crippen LogP contribution in [0.2, 0.25) is 0 Å². The molecule has 0 saturated carbocycles. The zero-order valence-corrected chi connectivity index (χ0v) is 17.2. The molecule has 0 bridgehead atoms. The van der Waals surface area contributed by atoms with Gasteiger partial charge in [0.2, 0.25) is 5.88 Å². The van der Waals surface area contributed by atoms with Gasteiger partial charge in [0.05, 0.1) is 19.8 Å². The molecule has 1 aromatic rings. The highest BCUT2D eigenvalue weighted by Gasteiger charge is 2.21. The topological polar surface area (TPSA) is 59.0 Å². The number of likely N-dealkylation sites (tertiary alicyclic amines) is 1. The second-order valence-corrected chi connectivity index (χ2v) is 5.52. The Balaban J connectivity index is 0.00000288. The maximum atomic E-state index is 5.71. The number of guanidine groups is 1. The molecule has 0 aromatic carbocycles. The molecule has 1 aliphatic rings. The standard InChI is InChI=1S/C17H28N4O2.HI/c1-4-18-17(21-10-8-15(9-11-21)23-5-2)20-13-14-6-7-16(22-3)19-12-14;/h6-7,12,15H,4-5,8-11,13H2,1-3H3,(H,18,20);1H. The van der Waals surface area contributed by atoms with Crippen LogP contribution in [0.3, 0.4) is 0 Å². The van der Waals surface area contributed by atoms with Gasteiger partial charge >= 0.3 is 0 Å². The van der Waals surface area contributed by atoms with Crippen molar-refractivity contribution in [1.29, 1.82) is 0 Å². The van der Waals surface area contributed by atoms with E-state index in [2.05, 4.69) is 29.0 Å². The largest absolute Gasteiger partial charge is 0.481 e. The third-order valence-corrected chi connectivity index (χ3v) is 3.90. The second-order valence-electron chi connectivity index (χ2n) is 5.52. The average Bonchev–Trinajstić information content (AvgIpc) is 2.60. The minimum absolute atomic E-state index is 0. The van der Waals surface area contributed by atoms with E-state index in [0.29, 0.717) is 18.5 Å². The number of aromatic nitrogens is 1. The van der Waals surface area contributed by atoms with Gasteiger partial charge in [0.25, 0.3) is 0 Å². The summed E-state index contributed by atoms with van der Waals surface area (Å²) in [4.78, 5) is 11.3. The first-order valence-corrected chi connectivity index (χ1v) is 8.40. The zero-order valence-electron chi connectivity index (χ0n) is 14.8. The first-order chi connectivity index (χ1) is 11.3. The van der Waals surface area contributed by atoms with E-state index in [1.165, 1.54) is 0 Å². The van der Waals surface area contributed by atoms with Gasteiger partial charge in [0.1, 0.15) is 0 Å². The molecule has 0 radical (unpaired) electrons. The van der Waals surface area contributed by atoms with Crippen molar-refractivity contribution in [1.82, 2.24) is 15.2 Å². The molecule has 1 saturated heterocycles. The fourth-order valence-corrected chi connectivity index (χ4v) is 2.69. The minimum Gasteiger partial charge on any atom is -0.481 e. The van der Waals surface area contributed by atoms with Gasteiger partial charge in [-0.1, -0.05) is 6.07 Å². The summed E-state index contributed by atoms with van der Waals surface area (Å²) in [6, 6.07) is 3.87. The third-order valence-electron chi connectivity index (χ3n) is 3.90. The van der Waals surface area contributed by atoms with Gasteiger partial charge in [-0.15, -0.1) is 24.0 Å². The maximum absolute atomic E-state index is 5.71. The number of hydrogen-bond donors (Lipinski definition) is 1. The lowest BCUT2D eigenvalue weighted by Gasteiger charge is -2.34. The van der Waals surface area contributed by atoms with E-state index in [-0.39, 0.29) is 24.0 Å². The summed E-state index contributed by atoms with van der Waals surface area (Å²) in [6.45, 7) is 8.39. The van der Waals surface area contributed by atoms with Crippen molar-refractivity contribution >= 4 is 29.9 Å². The van der Waals surface area contributed by atoms with Gasteiger partial charge in [-0.25, -0.2) is 9.98 Å². The highest BCUT2D eigenvalue weighted by atomic mass is 127. The van der Waals surface area contributed by atoms with Crippen LogP contribution >= 0.6 is 24.0 Å². The molecule has 0 unspecified atom stereocenters. The molecule has 1 aromatic heterocycles. The molecule has 1 fully saturated rings. The van der Waals surface area contributed by atoms with Crippen molar-refractivity contribution in [3.05, 3.63) is 23.9 Å². The van der Waals surface area contributed by atoms with Crippen LogP contribution in [0.15, 0.2) is 23.3 Å². The number of hydrogen-bond acceptors (Lipinski definition) is 4. The number of halogens is 1. The molecule has 6 nitrogen and oxygen atoms in total. The Kier molecular flexibility index (Phi) is 10.0. The van der Waals surface area contributed by atoms with Crippen LogP contribution in [-0.2, 0) is 11.3 Å². The van der Waals surface area contributed by atoms with Gasteiger partial charge in [0.15, 0.2) is 5.96 Å². The molecule has 0 spiro atoms. The van der Waals surface area contributed by atoms with E-state index in [0.717, 1.165) is 50.6 Å². The Morgan fingerprint density at radius 3 is 2.62 bits per heavy atom. The SMILES string of the molecule is CCNC(=NCc1ccc(OC)nc1)N1CCC(OCC)CC1.I. The van der Waals surface area contributed by atoms with E-state index in [1.807, 2.05) is 18.3 Å². The lowest BCUT2D eigenvalue weighted by atomic mass is 10.1. The molecular weight excluding hydrogens is 419 g/mol. The quantitative estimate of drug-likeness (QED) is 0.412. The van der Waals surface area contributed by atoms with E-state index in [9.17, 15) is 0 Å². The number of piperidine rings is 1. The fourth-order valence-electron chi connectivity index (χ4n) is 2.69. The number of ether oxygens (including phenoxy) is 2. The smallest absolute Gasteiger partial charge is 0.212 e. The van der Waals surface area contributed by atoms with Crippen LogP contribution in [-0.4, -0.2) is 55.3 Å². The second kappa shape index (κ2) is 11.5. The van der Waals surface area contributed by atoms with Crippen LogP contribution < -0.4 is 10.1 Å². The molecular formula is C17H29IN4O2. The number of aliphatic imine (C=N–C) groups is 1. The Bertz CT molecular complexity index is 488. The fraction of sp³-hybridized carbons (Fsp3) is 0.647. The summed E-state index contributed by atoms with van der Waals surface area (Å²) >= 11 is 0. The molecule has 0 aliphatic carbocycles. The van der Waals surface area contributed by atoms with Crippen molar-refractivity contribution in [2.45, 2.75) is 39.3 Å². The summed E-state index contributed by atoms with van der Waals surface area (Å²) < 4.78 is 10.8. The first-order valence-electron chi connectivity index (χ1n) is 8.40. The summed E-state index contributed by atoms with van der Waals surface area (Å²) in [5.41, 5.74) is 1.07. The minimum atomic E-state index is 0. The highest BCUT2D eigenvalue weighted by Crippen LogP contribution is 2.14. The lowest BCUT2D eigenvalue weighted by Crippen LogP contribution is -2.47. The summed E-state index contributed by atoms with van der Waals surface area (Å²) in [6.07, 6.45) is 4.32. The molecule has 0 amide bonds.